The normalized spacial score (nSPS) is 11.7. The number of halogens is 1. The lowest BCUT2D eigenvalue weighted by Gasteiger charge is -2.12. The first kappa shape index (κ1) is 13.5. The molecule has 0 aliphatic rings. The summed E-state index contributed by atoms with van der Waals surface area (Å²) in [5.41, 5.74) is 0. The predicted octanol–water partition coefficient (Wildman–Crippen LogP) is 3.26. The van der Waals surface area contributed by atoms with Crippen molar-refractivity contribution >= 4 is 11.6 Å². The van der Waals surface area contributed by atoms with Gasteiger partial charge in [-0.1, -0.05) is 27.7 Å². The van der Waals surface area contributed by atoms with E-state index < -0.39 is 0 Å². The van der Waals surface area contributed by atoms with Gasteiger partial charge in [-0.2, -0.15) is 0 Å². The van der Waals surface area contributed by atoms with Crippen LogP contribution in [-0.2, 0) is 18.8 Å². The summed E-state index contributed by atoms with van der Waals surface area (Å²) in [7, 11) is 0. The molecule has 0 aromatic carbocycles. The molecule has 0 bridgehead atoms. The molecule has 1 heterocycles. The van der Waals surface area contributed by atoms with Gasteiger partial charge >= 0.3 is 0 Å². The first-order valence-corrected chi connectivity index (χ1v) is 6.55. The van der Waals surface area contributed by atoms with Gasteiger partial charge in [0, 0.05) is 13.0 Å². The molecule has 1 rings (SSSR count). The van der Waals surface area contributed by atoms with Crippen LogP contribution in [0.5, 0.6) is 0 Å². The average Bonchev–Trinajstić information content (AvgIpc) is 2.56. The fraction of sp³-hybridized carbons (Fsp3) is 0.833. The van der Waals surface area contributed by atoms with Gasteiger partial charge in [-0.15, -0.1) is 21.8 Å². The molecule has 0 saturated carbocycles. The van der Waals surface area contributed by atoms with Crippen molar-refractivity contribution in [2.45, 2.75) is 53.0 Å². The van der Waals surface area contributed by atoms with E-state index in [9.17, 15) is 0 Å². The summed E-state index contributed by atoms with van der Waals surface area (Å²) < 4.78 is 2.18. The lowest BCUT2D eigenvalue weighted by molar-refractivity contribution is 0.483. The molecule has 0 fully saturated rings. The first-order chi connectivity index (χ1) is 7.54. The molecule has 3 nitrogen and oxygen atoms in total. The highest BCUT2D eigenvalue weighted by molar-refractivity contribution is 6.16. The molecule has 0 amide bonds. The van der Waals surface area contributed by atoms with E-state index in [1.807, 2.05) is 0 Å². The van der Waals surface area contributed by atoms with Crippen molar-refractivity contribution in [3.63, 3.8) is 0 Å². The zero-order valence-corrected chi connectivity index (χ0v) is 11.5. The topological polar surface area (TPSA) is 30.7 Å². The molecule has 4 heteroatoms. The van der Waals surface area contributed by atoms with Crippen LogP contribution in [0.15, 0.2) is 0 Å². The Hall–Kier alpha value is -0.570. The molecule has 92 valence electrons. The molecule has 1 aromatic heterocycles. The quantitative estimate of drug-likeness (QED) is 0.718. The molecule has 0 aliphatic heterocycles. The Morgan fingerprint density at radius 1 is 1.06 bits per heavy atom. The first-order valence-electron chi connectivity index (χ1n) is 6.01. The SMILES string of the molecule is CC(C)CCc1nnc(CCl)n1CC(C)C. The van der Waals surface area contributed by atoms with E-state index in [1.54, 1.807) is 0 Å². The fourth-order valence-electron chi connectivity index (χ4n) is 1.65. The minimum absolute atomic E-state index is 0.446. The molecule has 16 heavy (non-hydrogen) atoms. The van der Waals surface area contributed by atoms with E-state index in [0.29, 0.717) is 17.7 Å². The van der Waals surface area contributed by atoms with Gasteiger partial charge in [0.1, 0.15) is 11.6 Å². The third-order valence-electron chi connectivity index (χ3n) is 2.52. The van der Waals surface area contributed by atoms with Crippen molar-refractivity contribution in [1.29, 1.82) is 0 Å². The Labute approximate surface area is 103 Å². The summed E-state index contributed by atoms with van der Waals surface area (Å²) >= 11 is 5.87. The van der Waals surface area contributed by atoms with E-state index in [1.165, 1.54) is 0 Å². The van der Waals surface area contributed by atoms with E-state index in [0.717, 1.165) is 31.0 Å². The fourth-order valence-corrected chi connectivity index (χ4v) is 1.85. The molecular weight excluding hydrogens is 222 g/mol. The monoisotopic (exact) mass is 243 g/mol. The molecule has 0 radical (unpaired) electrons. The van der Waals surface area contributed by atoms with E-state index in [2.05, 4.69) is 42.5 Å². The number of rotatable bonds is 6. The maximum Gasteiger partial charge on any atom is 0.147 e. The van der Waals surface area contributed by atoms with Crippen LogP contribution < -0.4 is 0 Å². The van der Waals surface area contributed by atoms with Crippen LogP contribution in [0.4, 0.5) is 0 Å². The molecule has 0 saturated heterocycles. The van der Waals surface area contributed by atoms with Gasteiger partial charge in [0.25, 0.3) is 0 Å². The van der Waals surface area contributed by atoms with Crippen LogP contribution in [-0.4, -0.2) is 14.8 Å². The Bertz CT molecular complexity index is 318. The molecule has 0 unspecified atom stereocenters. The zero-order chi connectivity index (χ0) is 12.1. The largest absolute Gasteiger partial charge is 0.314 e. The second-order valence-electron chi connectivity index (χ2n) is 5.10. The van der Waals surface area contributed by atoms with Crippen molar-refractivity contribution in [2.24, 2.45) is 11.8 Å². The number of aryl methyl sites for hydroxylation is 1. The third-order valence-corrected chi connectivity index (χ3v) is 2.76. The summed E-state index contributed by atoms with van der Waals surface area (Å²) in [5.74, 6) is 3.72. The molecule has 0 aliphatic carbocycles. The smallest absolute Gasteiger partial charge is 0.147 e. The highest BCUT2D eigenvalue weighted by Gasteiger charge is 2.12. The number of hydrogen-bond acceptors (Lipinski definition) is 2. The minimum Gasteiger partial charge on any atom is -0.314 e. The maximum atomic E-state index is 5.87. The molecule has 0 atom stereocenters. The van der Waals surface area contributed by atoms with Crippen LogP contribution in [0.2, 0.25) is 0 Å². The molecule has 1 aromatic rings. The summed E-state index contributed by atoms with van der Waals surface area (Å²) in [4.78, 5) is 0. The van der Waals surface area contributed by atoms with Crippen LogP contribution in [0.1, 0.15) is 45.8 Å². The third kappa shape index (κ3) is 3.78. The van der Waals surface area contributed by atoms with Crippen LogP contribution >= 0.6 is 11.6 Å². The number of aromatic nitrogens is 3. The maximum absolute atomic E-state index is 5.87. The van der Waals surface area contributed by atoms with Gasteiger partial charge in [0.05, 0.1) is 5.88 Å². The second-order valence-corrected chi connectivity index (χ2v) is 5.37. The van der Waals surface area contributed by atoms with Gasteiger partial charge in [-0.25, -0.2) is 0 Å². The van der Waals surface area contributed by atoms with E-state index in [-0.39, 0.29) is 0 Å². The second kappa shape index (κ2) is 6.24. The summed E-state index contributed by atoms with van der Waals surface area (Å²) in [6.45, 7) is 9.81. The van der Waals surface area contributed by atoms with Gasteiger partial charge in [0.15, 0.2) is 0 Å². The number of nitrogens with zero attached hydrogens (tertiary/aromatic N) is 3. The van der Waals surface area contributed by atoms with Gasteiger partial charge < -0.3 is 4.57 Å². The van der Waals surface area contributed by atoms with E-state index in [4.69, 9.17) is 11.6 Å². The summed E-state index contributed by atoms with van der Waals surface area (Å²) in [6.07, 6.45) is 2.15. The van der Waals surface area contributed by atoms with E-state index >= 15 is 0 Å². The van der Waals surface area contributed by atoms with Crippen molar-refractivity contribution in [1.82, 2.24) is 14.8 Å². The number of alkyl halides is 1. The Balaban J connectivity index is 2.78. The number of hydrogen-bond donors (Lipinski definition) is 0. The minimum atomic E-state index is 0.446. The zero-order valence-electron chi connectivity index (χ0n) is 10.7. The summed E-state index contributed by atoms with van der Waals surface area (Å²) in [6, 6.07) is 0. The summed E-state index contributed by atoms with van der Waals surface area (Å²) in [5, 5.41) is 8.39. The van der Waals surface area contributed by atoms with Crippen molar-refractivity contribution in [2.75, 3.05) is 0 Å². The van der Waals surface area contributed by atoms with Crippen molar-refractivity contribution < 1.29 is 0 Å². The van der Waals surface area contributed by atoms with Gasteiger partial charge in [-0.3, -0.25) is 0 Å². The molecule has 0 N–H and O–H groups in total. The van der Waals surface area contributed by atoms with Gasteiger partial charge in [0.2, 0.25) is 0 Å². The van der Waals surface area contributed by atoms with Crippen LogP contribution in [0.25, 0.3) is 0 Å². The van der Waals surface area contributed by atoms with Crippen LogP contribution in [0.3, 0.4) is 0 Å². The van der Waals surface area contributed by atoms with Gasteiger partial charge in [-0.05, 0) is 18.3 Å². The standard InChI is InChI=1S/C12H22ClN3/c1-9(2)5-6-11-14-15-12(7-13)16(11)8-10(3)4/h9-10H,5-8H2,1-4H3. The lowest BCUT2D eigenvalue weighted by atomic mass is 10.1. The van der Waals surface area contributed by atoms with Crippen LogP contribution in [0, 0.1) is 11.8 Å². The average molecular weight is 244 g/mol. The predicted molar refractivity (Wildman–Crippen MR) is 67.6 cm³/mol. The Morgan fingerprint density at radius 2 is 1.69 bits per heavy atom. The highest BCUT2D eigenvalue weighted by atomic mass is 35.5. The lowest BCUT2D eigenvalue weighted by Crippen LogP contribution is -2.12. The van der Waals surface area contributed by atoms with Crippen molar-refractivity contribution in [3.05, 3.63) is 11.6 Å². The Kier molecular flexibility index (Phi) is 5.26. The molecule has 0 spiro atoms. The Morgan fingerprint density at radius 3 is 2.19 bits per heavy atom. The highest BCUT2D eigenvalue weighted by Crippen LogP contribution is 2.13. The molecular formula is C12H22ClN3. The van der Waals surface area contributed by atoms with Crippen molar-refractivity contribution in [3.8, 4) is 0 Å².